The van der Waals surface area contributed by atoms with Crippen molar-refractivity contribution >= 4 is 46.3 Å². The van der Waals surface area contributed by atoms with E-state index in [0.717, 1.165) is 22.6 Å². The van der Waals surface area contributed by atoms with E-state index in [9.17, 15) is 4.79 Å². The molecule has 4 nitrogen and oxygen atoms in total. The summed E-state index contributed by atoms with van der Waals surface area (Å²) in [6, 6.07) is 17.2. The molecule has 26 heavy (non-hydrogen) atoms. The Kier molecular flexibility index (Phi) is 5.78. The number of carbonyl (C=O) groups excluding carboxylic acids is 1. The Hall–Kier alpha value is -2.12. The summed E-state index contributed by atoms with van der Waals surface area (Å²) < 4.78 is 3.35. The first-order valence-corrected chi connectivity index (χ1v) is 9.46. The maximum Gasteiger partial charge on any atom is 0.272 e. The van der Waals surface area contributed by atoms with Crippen molar-refractivity contribution in [2.45, 2.75) is 13.8 Å². The van der Waals surface area contributed by atoms with E-state index in [0.29, 0.717) is 10.6 Å². The predicted octanol–water partition coefficient (Wildman–Crippen LogP) is 5.12. The van der Waals surface area contributed by atoms with Crippen LogP contribution >= 0.6 is 34.2 Å². The van der Waals surface area contributed by atoms with Crippen molar-refractivity contribution in [2.24, 2.45) is 5.10 Å². The third kappa shape index (κ3) is 3.99. The molecule has 1 aromatic heterocycles. The average molecular weight is 478 g/mol. The van der Waals surface area contributed by atoms with Gasteiger partial charge in [0.15, 0.2) is 0 Å². The van der Waals surface area contributed by atoms with E-state index in [1.807, 2.05) is 19.9 Å². The number of amides is 1. The van der Waals surface area contributed by atoms with Gasteiger partial charge >= 0.3 is 0 Å². The minimum atomic E-state index is -0.335. The molecule has 0 fully saturated rings. The molecule has 0 spiro atoms. The molecule has 0 aliphatic rings. The Morgan fingerprint density at radius 2 is 1.85 bits per heavy atom. The van der Waals surface area contributed by atoms with Crippen molar-refractivity contribution in [1.82, 2.24) is 9.99 Å². The zero-order valence-electron chi connectivity index (χ0n) is 14.3. The van der Waals surface area contributed by atoms with Crippen molar-refractivity contribution in [3.8, 4) is 5.69 Å². The lowest BCUT2D eigenvalue weighted by Crippen LogP contribution is -2.18. The molecule has 0 aliphatic carbocycles. The van der Waals surface area contributed by atoms with Gasteiger partial charge < -0.3 is 4.57 Å². The molecule has 0 unspecified atom stereocenters. The highest BCUT2D eigenvalue weighted by Crippen LogP contribution is 2.20. The number of halogens is 2. The molecule has 0 bridgehead atoms. The van der Waals surface area contributed by atoms with Gasteiger partial charge in [0.25, 0.3) is 5.91 Å². The van der Waals surface area contributed by atoms with Crippen LogP contribution in [-0.4, -0.2) is 16.7 Å². The molecule has 1 amide bonds. The molecule has 1 heterocycles. The summed E-state index contributed by atoms with van der Waals surface area (Å²) in [7, 11) is 0. The molecule has 1 N–H and O–H groups in total. The lowest BCUT2D eigenvalue weighted by molar-refractivity contribution is 0.0955. The van der Waals surface area contributed by atoms with Gasteiger partial charge in [-0.1, -0.05) is 23.7 Å². The quantitative estimate of drug-likeness (QED) is 0.317. The Bertz CT molecular complexity index is 977. The van der Waals surface area contributed by atoms with Crippen molar-refractivity contribution in [3.63, 3.8) is 0 Å². The third-order valence-corrected chi connectivity index (χ3v) is 5.09. The van der Waals surface area contributed by atoms with Gasteiger partial charge in [-0.05, 0) is 78.9 Å². The van der Waals surface area contributed by atoms with Crippen LogP contribution in [0.25, 0.3) is 5.69 Å². The number of hydrogen-bond donors (Lipinski definition) is 1. The number of rotatable bonds is 4. The van der Waals surface area contributed by atoms with Crippen LogP contribution in [0.3, 0.4) is 0 Å². The van der Waals surface area contributed by atoms with Crippen LogP contribution < -0.4 is 5.43 Å². The van der Waals surface area contributed by atoms with Crippen molar-refractivity contribution in [3.05, 3.63) is 85.7 Å². The molecule has 0 saturated heterocycles. The summed E-state index contributed by atoms with van der Waals surface area (Å²) in [5.74, 6) is -0.335. The summed E-state index contributed by atoms with van der Waals surface area (Å²) in [6.07, 6.45) is 1.65. The zero-order valence-corrected chi connectivity index (χ0v) is 17.2. The first-order chi connectivity index (χ1) is 12.5. The fourth-order valence-electron chi connectivity index (χ4n) is 2.77. The van der Waals surface area contributed by atoms with Gasteiger partial charge in [0.2, 0.25) is 0 Å². The monoisotopic (exact) mass is 477 g/mol. The molecule has 2 aromatic carbocycles. The topological polar surface area (TPSA) is 46.4 Å². The fourth-order valence-corrected chi connectivity index (χ4v) is 3.35. The third-order valence-electron chi connectivity index (χ3n) is 4.04. The summed E-state index contributed by atoms with van der Waals surface area (Å²) in [6.45, 7) is 4.08. The number of carbonyl (C=O) groups is 1. The van der Waals surface area contributed by atoms with E-state index in [4.69, 9.17) is 11.6 Å². The normalized spacial score (nSPS) is 11.1. The smallest absolute Gasteiger partial charge is 0.272 e. The number of aromatic nitrogens is 1. The first kappa shape index (κ1) is 18.7. The molecule has 6 heteroatoms. The van der Waals surface area contributed by atoms with Crippen LogP contribution in [0.1, 0.15) is 27.3 Å². The predicted molar refractivity (Wildman–Crippen MR) is 114 cm³/mol. The second kappa shape index (κ2) is 8.05. The maximum absolute atomic E-state index is 12.2. The molecule has 0 radical (unpaired) electrons. The van der Waals surface area contributed by atoms with Crippen LogP contribution in [0.5, 0.6) is 0 Å². The summed E-state index contributed by atoms with van der Waals surface area (Å²) in [4.78, 5) is 12.2. The van der Waals surface area contributed by atoms with E-state index < -0.39 is 0 Å². The number of nitrogens with zero attached hydrogens (tertiary/aromatic N) is 2. The van der Waals surface area contributed by atoms with Crippen molar-refractivity contribution in [2.75, 3.05) is 0 Å². The molecule has 0 saturated carbocycles. The van der Waals surface area contributed by atoms with Gasteiger partial charge in [0.05, 0.1) is 16.8 Å². The number of nitrogens with one attached hydrogen (secondary N) is 1. The van der Waals surface area contributed by atoms with Crippen LogP contribution in [0, 0.1) is 17.4 Å². The second-order valence-corrected chi connectivity index (χ2v) is 7.47. The second-order valence-electron chi connectivity index (χ2n) is 5.82. The Morgan fingerprint density at radius 1 is 1.15 bits per heavy atom. The Morgan fingerprint density at radius 3 is 2.54 bits per heavy atom. The highest BCUT2D eigenvalue weighted by atomic mass is 127. The van der Waals surface area contributed by atoms with Gasteiger partial charge in [0, 0.05) is 26.2 Å². The van der Waals surface area contributed by atoms with Crippen LogP contribution in [0.15, 0.2) is 59.7 Å². The van der Waals surface area contributed by atoms with Crippen LogP contribution in [-0.2, 0) is 0 Å². The van der Waals surface area contributed by atoms with Gasteiger partial charge in [-0.25, -0.2) is 5.43 Å². The SMILES string of the molecule is Cc1cc(C=NNC(=O)c2ccccc2Cl)c(C)n1-c1ccc(I)cc1. The van der Waals surface area contributed by atoms with E-state index >= 15 is 0 Å². The summed E-state index contributed by atoms with van der Waals surface area (Å²) >= 11 is 8.32. The number of hydrogen-bond acceptors (Lipinski definition) is 2. The fraction of sp³-hybridized carbons (Fsp3) is 0.100. The van der Waals surface area contributed by atoms with Gasteiger partial charge in [0.1, 0.15) is 0 Å². The Labute approximate surface area is 171 Å². The first-order valence-electron chi connectivity index (χ1n) is 8.00. The van der Waals surface area contributed by atoms with E-state index in [1.54, 1.807) is 30.5 Å². The number of benzene rings is 2. The summed E-state index contributed by atoms with van der Waals surface area (Å²) in [5.41, 5.74) is 7.12. The van der Waals surface area contributed by atoms with Gasteiger partial charge in [-0.15, -0.1) is 0 Å². The van der Waals surface area contributed by atoms with Gasteiger partial charge in [-0.3, -0.25) is 4.79 Å². The number of aryl methyl sites for hydroxylation is 1. The molecule has 3 aromatic rings. The maximum atomic E-state index is 12.2. The van der Waals surface area contributed by atoms with E-state index in [1.165, 1.54) is 3.57 Å². The summed E-state index contributed by atoms with van der Waals surface area (Å²) in [5, 5.41) is 4.48. The molecule has 0 atom stereocenters. The van der Waals surface area contributed by atoms with E-state index in [-0.39, 0.29) is 5.91 Å². The highest BCUT2D eigenvalue weighted by molar-refractivity contribution is 14.1. The molecular weight excluding hydrogens is 461 g/mol. The van der Waals surface area contributed by atoms with Crippen LogP contribution in [0.2, 0.25) is 5.02 Å². The van der Waals surface area contributed by atoms with Gasteiger partial charge in [-0.2, -0.15) is 5.10 Å². The average Bonchev–Trinajstić information content (AvgIpc) is 2.90. The lowest BCUT2D eigenvalue weighted by atomic mass is 10.2. The standard InChI is InChI=1S/C20H17ClIN3O/c1-13-11-15(14(2)25(13)17-9-7-16(22)8-10-17)12-23-24-20(26)18-5-3-4-6-19(18)21/h3-12H,1-2H3,(H,24,26). The molecule has 0 aliphatic heterocycles. The van der Waals surface area contributed by atoms with E-state index in [2.05, 4.69) is 62.0 Å². The largest absolute Gasteiger partial charge is 0.318 e. The Balaban J connectivity index is 1.79. The molecular formula is C20H17ClIN3O. The zero-order chi connectivity index (χ0) is 18.7. The minimum Gasteiger partial charge on any atom is -0.318 e. The minimum absolute atomic E-state index is 0.335. The molecule has 3 rings (SSSR count). The van der Waals surface area contributed by atoms with Crippen molar-refractivity contribution < 1.29 is 4.79 Å². The highest BCUT2D eigenvalue weighted by Gasteiger charge is 2.10. The lowest BCUT2D eigenvalue weighted by Gasteiger charge is -2.09. The van der Waals surface area contributed by atoms with Crippen molar-refractivity contribution in [1.29, 1.82) is 0 Å². The molecule has 132 valence electrons. The number of hydrazone groups is 1. The van der Waals surface area contributed by atoms with Crippen LogP contribution in [0.4, 0.5) is 0 Å².